The lowest BCUT2D eigenvalue weighted by Gasteiger charge is -2.36. The minimum absolute atomic E-state index is 0.0136. The van der Waals surface area contributed by atoms with E-state index in [-0.39, 0.29) is 36.6 Å². The van der Waals surface area contributed by atoms with E-state index in [1.165, 1.54) is 6.07 Å². The summed E-state index contributed by atoms with van der Waals surface area (Å²) in [6.07, 6.45) is 1.86. The van der Waals surface area contributed by atoms with Crippen LogP contribution in [0.15, 0.2) is 52.9 Å². The van der Waals surface area contributed by atoms with Gasteiger partial charge in [-0.25, -0.2) is 4.39 Å². The molecule has 0 unspecified atom stereocenters. The van der Waals surface area contributed by atoms with Crippen molar-refractivity contribution in [2.45, 2.75) is 32.1 Å². The van der Waals surface area contributed by atoms with Crippen LogP contribution in [0.25, 0.3) is 0 Å². The maximum Gasteiger partial charge on any atom is 0.286 e. The predicted molar refractivity (Wildman–Crippen MR) is 127 cm³/mol. The summed E-state index contributed by atoms with van der Waals surface area (Å²) < 4.78 is 36.7. The number of aliphatic hydroxyl groups excluding tert-OH is 1. The number of benzene rings is 1. The van der Waals surface area contributed by atoms with E-state index in [1.54, 1.807) is 29.5 Å². The smallest absolute Gasteiger partial charge is 0.286 e. The number of halogens is 1. The molecule has 1 amide bonds. The van der Waals surface area contributed by atoms with Gasteiger partial charge in [-0.05, 0) is 47.9 Å². The zero-order valence-corrected chi connectivity index (χ0v) is 20.1. The minimum Gasteiger partial charge on any atom is -0.459 e. The number of nitrogens with one attached hydrogen (secondary N) is 1. The Bertz CT molecular complexity index is 907. The third-order valence-corrected chi connectivity index (χ3v) is 6.17. The lowest BCUT2D eigenvalue weighted by molar-refractivity contribution is -0.168. The third kappa shape index (κ3) is 7.61. The Labute approximate surface area is 203 Å². The molecule has 0 saturated heterocycles. The van der Waals surface area contributed by atoms with Crippen molar-refractivity contribution in [3.05, 3.63) is 69.9 Å². The van der Waals surface area contributed by atoms with Crippen LogP contribution in [-0.2, 0) is 30.3 Å². The van der Waals surface area contributed by atoms with Crippen LogP contribution in [0, 0.1) is 11.7 Å². The Balaban J connectivity index is 1.68. The van der Waals surface area contributed by atoms with E-state index in [2.05, 4.69) is 10.7 Å². The normalized spacial score (nSPS) is 20.0. The van der Waals surface area contributed by atoms with Crippen molar-refractivity contribution in [2.75, 3.05) is 39.6 Å². The van der Waals surface area contributed by atoms with Crippen LogP contribution in [0.4, 0.5) is 4.39 Å². The fraction of sp³-hybridized carbons (Fsp3) is 0.480. The van der Waals surface area contributed by atoms with Crippen LogP contribution >= 0.6 is 11.3 Å². The fourth-order valence-electron chi connectivity index (χ4n) is 3.79. The highest BCUT2D eigenvalue weighted by atomic mass is 32.1. The van der Waals surface area contributed by atoms with Crippen LogP contribution < -0.4 is 5.32 Å². The largest absolute Gasteiger partial charge is 0.459 e. The molecule has 0 aliphatic carbocycles. The quantitative estimate of drug-likeness (QED) is 0.391. The molecule has 3 rings (SSSR count). The van der Waals surface area contributed by atoms with E-state index in [9.17, 15) is 9.18 Å². The highest BCUT2D eigenvalue weighted by molar-refractivity contribution is 7.08. The topological polar surface area (TPSA) is 86.3 Å². The van der Waals surface area contributed by atoms with E-state index >= 15 is 0 Å². The summed E-state index contributed by atoms with van der Waals surface area (Å²) in [7, 11) is 0. The van der Waals surface area contributed by atoms with Crippen LogP contribution in [0.1, 0.15) is 30.4 Å². The van der Waals surface area contributed by atoms with Gasteiger partial charge in [0, 0.05) is 37.2 Å². The van der Waals surface area contributed by atoms with Crippen molar-refractivity contribution in [1.29, 1.82) is 0 Å². The molecule has 0 fully saturated rings. The second kappa shape index (κ2) is 14.2. The van der Waals surface area contributed by atoms with Crippen molar-refractivity contribution in [1.82, 2.24) is 5.32 Å². The maximum absolute atomic E-state index is 13.9. The fourth-order valence-corrected chi connectivity index (χ4v) is 4.50. The lowest BCUT2D eigenvalue weighted by atomic mass is 9.82. The Kier molecular flexibility index (Phi) is 11.0. The van der Waals surface area contributed by atoms with Crippen molar-refractivity contribution in [2.24, 2.45) is 5.92 Å². The number of hydrogen-bond donors (Lipinski definition) is 2. The van der Waals surface area contributed by atoms with Gasteiger partial charge in [-0.15, -0.1) is 0 Å². The summed E-state index contributed by atoms with van der Waals surface area (Å²) in [5.41, 5.74) is 1.48. The number of aliphatic hydroxyl groups is 1. The zero-order chi connectivity index (χ0) is 24.2. The predicted octanol–water partition coefficient (Wildman–Crippen LogP) is 3.60. The zero-order valence-electron chi connectivity index (χ0n) is 19.3. The Morgan fingerprint density at radius 1 is 1.18 bits per heavy atom. The van der Waals surface area contributed by atoms with Crippen molar-refractivity contribution in [3.63, 3.8) is 0 Å². The molecule has 2 N–H and O–H groups in total. The third-order valence-electron chi connectivity index (χ3n) is 5.47. The summed E-state index contributed by atoms with van der Waals surface area (Å²) in [6, 6.07) is 8.36. The summed E-state index contributed by atoms with van der Waals surface area (Å²) >= 11 is 1.59. The van der Waals surface area contributed by atoms with Gasteiger partial charge in [-0.2, -0.15) is 11.3 Å². The first kappa shape index (κ1) is 26.3. The Morgan fingerprint density at radius 2 is 1.97 bits per heavy atom. The summed E-state index contributed by atoms with van der Waals surface area (Å²) in [5.74, 6) is -0.771. The molecule has 1 aromatic carbocycles. The molecular formula is C25H32FNO6S. The first-order valence-electron chi connectivity index (χ1n) is 11.4. The first-order valence-corrected chi connectivity index (χ1v) is 12.4. The van der Waals surface area contributed by atoms with Crippen LogP contribution in [0.2, 0.25) is 0 Å². The molecule has 2 heterocycles. The average molecular weight is 494 g/mol. The van der Waals surface area contributed by atoms with Crippen molar-refractivity contribution >= 4 is 17.2 Å². The van der Waals surface area contributed by atoms with Gasteiger partial charge in [0.25, 0.3) is 5.91 Å². The van der Waals surface area contributed by atoms with Crippen LogP contribution in [0.5, 0.6) is 0 Å². The van der Waals surface area contributed by atoms with E-state index in [1.807, 2.05) is 24.4 Å². The van der Waals surface area contributed by atoms with Gasteiger partial charge >= 0.3 is 0 Å². The number of amides is 1. The number of ether oxygens (including phenoxy) is 4. The SMILES string of the molecule is CCO[C@H]1OC(C(=O)NCc2ccccc2F)=C[C@@H](c2ccsc2)[C@H]1CCOCCOCCO. The molecule has 1 aromatic heterocycles. The number of thiophene rings is 1. The standard InChI is InChI=1S/C25H32FNO6S/c1-2-32-25-20(7-10-30-12-13-31-11-9-28)21(19-8-14-34-17-19)15-23(33-25)24(29)27-16-18-5-3-4-6-22(18)26/h3-6,8,14-15,17,20-21,25,28H,2,7,9-13,16H2,1H3,(H,27,29)/t20-,21+,25+/m1/s1. The molecule has 9 heteroatoms. The molecule has 186 valence electrons. The summed E-state index contributed by atoms with van der Waals surface area (Å²) in [4.78, 5) is 12.9. The molecule has 0 radical (unpaired) electrons. The number of allylic oxidation sites excluding steroid dienone is 1. The molecule has 2 aromatic rings. The van der Waals surface area contributed by atoms with Gasteiger partial charge in [0.15, 0.2) is 5.76 Å². The molecule has 3 atom stereocenters. The van der Waals surface area contributed by atoms with E-state index in [4.69, 9.17) is 24.1 Å². The molecule has 0 saturated carbocycles. The van der Waals surface area contributed by atoms with Gasteiger partial charge in [0.05, 0.1) is 26.4 Å². The molecule has 7 nitrogen and oxygen atoms in total. The van der Waals surface area contributed by atoms with E-state index in [0.717, 1.165) is 5.56 Å². The average Bonchev–Trinajstić information content (AvgIpc) is 3.38. The number of carbonyl (C=O) groups excluding carboxylic acids is 1. The molecule has 1 aliphatic heterocycles. The first-order chi connectivity index (χ1) is 16.6. The van der Waals surface area contributed by atoms with Gasteiger partial charge in [-0.3, -0.25) is 4.79 Å². The molecule has 0 spiro atoms. The monoisotopic (exact) mass is 493 g/mol. The second-order valence-electron chi connectivity index (χ2n) is 7.73. The van der Waals surface area contributed by atoms with Gasteiger partial charge < -0.3 is 29.4 Å². The van der Waals surface area contributed by atoms with Gasteiger partial charge in [-0.1, -0.05) is 18.2 Å². The highest BCUT2D eigenvalue weighted by Gasteiger charge is 2.38. The number of rotatable bonds is 14. The van der Waals surface area contributed by atoms with E-state index in [0.29, 0.717) is 45.0 Å². The van der Waals surface area contributed by atoms with Crippen LogP contribution in [-0.4, -0.2) is 56.9 Å². The van der Waals surface area contributed by atoms with Crippen molar-refractivity contribution < 1.29 is 33.2 Å². The number of carbonyl (C=O) groups is 1. The maximum atomic E-state index is 13.9. The van der Waals surface area contributed by atoms with Gasteiger partial charge in [0.2, 0.25) is 6.29 Å². The highest BCUT2D eigenvalue weighted by Crippen LogP contribution is 2.39. The molecule has 0 bridgehead atoms. The van der Waals surface area contributed by atoms with Crippen molar-refractivity contribution in [3.8, 4) is 0 Å². The molecular weight excluding hydrogens is 461 g/mol. The minimum atomic E-state index is -0.622. The summed E-state index contributed by atoms with van der Waals surface area (Å²) in [5, 5.41) is 15.6. The Hall–Kier alpha value is -2.30. The molecule has 1 aliphatic rings. The van der Waals surface area contributed by atoms with Gasteiger partial charge in [0.1, 0.15) is 5.82 Å². The number of hydrogen-bond acceptors (Lipinski definition) is 7. The Morgan fingerprint density at radius 3 is 2.68 bits per heavy atom. The van der Waals surface area contributed by atoms with E-state index < -0.39 is 12.2 Å². The van der Waals surface area contributed by atoms with Crippen LogP contribution in [0.3, 0.4) is 0 Å². The molecule has 34 heavy (non-hydrogen) atoms. The lowest BCUT2D eigenvalue weighted by Crippen LogP contribution is -2.39. The summed E-state index contributed by atoms with van der Waals surface area (Å²) in [6.45, 7) is 3.96. The second-order valence-corrected chi connectivity index (χ2v) is 8.51.